The van der Waals surface area contributed by atoms with Crippen molar-refractivity contribution in [2.75, 3.05) is 5.73 Å². The Kier molecular flexibility index (Phi) is 3.15. The molecule has 0 saturated heterocycles. The minimum absolute atomic E-state index is 0.149. The molecule has 1 heterocycles. The van der Waals surface area contributed by atoms with Crippen molar-refractivity contribution in [3.05, 3.63) is 59.5 Å². The van der Waals surface area contributed by atoms with Crippen molar-refractivity contribution in [3.8, 4) is 0 Å². The first kappa shape index (κ1) is 10.6. The van der Waals surface area contributed by atoms with Gasteiger partial charge in [0.2, 0.25) is 0 Å². The van der Waals surface area contributed by atoms with Crippen LogP contribution in [0.15, 0.2) is 42.6 Å². The van der Waals surface area contributed by atoms with Crippen LogP contribution < -0.4 is 5.73 Å². The Morgan fingerprint density at radius 3 is 2.69 bits per heavy atom. The Balaban J connectivity index is 2.05. The summed E-state index contributed by atoms with van der Waals surface area (Å²) >= 11 is 0. The molecule has 0 unspecified atom stereocenters. The fourth-order valence-electron chi connectivity index (χ4n) is 1.63. The Morgan fingerprint density at radius 1 is 1.12 bits per heavy atom. The maximum absolute atomic E-state index is 13.3. The minimum atomic E-state index is -0.149. The highest BCUT2D eigenvalue weighted by Gasteiger charge is 2.01. The highest BCUT2D eigenvalue weighted by Crippen LogP contribution is 2.11. The zero-order valence-electron chi connectivity index (χ0n) is 8.86. The largest absolute Gasteiger partial charge is 0.384 e. The summed E-state index contributed by atoms with van der Waals surface area (Å²) in [5.74, 6) is 0.357. The number of rotatable bonds is 3. The van der Waals surface area contributed by atoms with E-state index >= 15 is 0 Å². The zero-order chi connectivity index (χ0) is 11.4. The topological polar surface area (TPSA) is 38.9 Å². The van der Waals surface area contributed by atoms with Crippen LogP contribution in [-0.2, 0) is 12.8 Å². The standard InChI is InChI=1S/C13H13FN2/c14-12-4-2-1-3-11(12)6-5-10-7-8-16-13(15)9-10/h1-4,7-9H,5-6H2,(H2,15,16). The number of nitrogens with zero attached hydrogens (tertiary/aromatic N) is 1. The Bertz CT molecular complexity index is 483. The van der Waals surface area contributed by atoms with Crippen molar-refractivity contribution in [1.29, 1.82) is 0 Å². The van der Waals surface area contributed by atoms with Crippen molar-refractivity contribution in [3.63, 3.8) is 0 Å². The van der Waals surface area contributed by atoms with Crippen LogP contribution in [0.3, 0.4) is 0 Å². The van der Waals surface area contributed by atoms with Gasteiger partial charge in [0.1, 0.15) is 11.6 Å². The van der Waals surface area contributed by atoms with Gasteiger partial charge in [-0.1, -0.05) is 18.2 Å². The number of benzene rings is 1. The summed E-state index contributed by atoms with van der Waals surface area (Å²) in [4.78, 5) is 3.92. The monoisotopic (exact) mass is 216 g/mol. The van der Waals surface area contributed by atoms with Gasteiger partial charge in [-0.15, -0.1) is 0 Å². The zero-order valence-corrected chi connectivity index (χ0v) is 8.86. The summed E-state index contributed by atoms with van der Waals surface area (Å²) in [7, 11) is 0. The fraction of sp³-hybridized carbons (Fsp3) is 0.154. The average Bonchev–Trinajstić information content (AvgIpc) is 2.28. The number of hydrogen-bond acceptors (Lipinski definition) is 2. The van der Waals surface area contributed by atoms with Crippen LogP contribution >= 0.6 is 0 Å². The van der Waals surface area contributed by atoms with Crippen molar-refractivity contribution in [2.24, 2.45) is 0 Å². The van der Waals surface area contributed by atoms with Gasteiger partial charge in [0, 0.05) is 6.20 Å². The van der Waals surface area contributed by atoms with Crippen molar-refractivity contribution in [2.45, 2.75) is 12.8 Å². The molecule has 0 aliphatic carbocycles. The summed E-state index contributed by atoms with van der Waals surface area (Å²) in [5, 5.41) is 0. The first-order valence-corrected chi connectivity index (χ1v) is 5.19. The molecule has 0 fully saturated rings. The number of anilines is 1. The van der Waals surface area contributed by atoms with E-state index in [2.05, 4.69) is 4.98 Å². The van der Waals surface area contributed by atoms with Crippen LogP contribution in [-0.4, -0.2) is 4.98 Å². The SMILES string of the molecule is Nc1cc(CCc2ccccc2F)ccn1. The second-order valence-electron chi connectivity index (χ2n) is 3.68. The number of aromatic nitrogens is 1. The van der Waals surface area contributed by atoms with Crippen LogP contribution in [0.25, 0.3) is 0 Å². The normalized spacial score (nSPS) is 10.3. The van der Waals surface area contributed by atoms with Crippen molar-refractivity contribution < 1.29 is 4.39 Å². The summed E-state index contributed by atoms with van der Waals surface area (Å²) in [6.45, 7) is 0. The highest BCUT2D eigenvalue weighted by atomic mass is 19.1. The quantitative estimate of drug-likeness (QED) is 0.856. The molecule has 82 valence electrons. The van der Waals surface area contributed by atoms with Gasteiger partial charge in [-0.05, 0) is 42.2 Å². The Labute approximate surface area is 93.9 Å². The number of pyridine rings is 1. The van der Waals surface area contributed by atoms with E-state index in [1.807, 2.05) is 18.2 Å². The Hall–Kier alpha value is -1.90. The van der Waals surface area contributed by atoms with Crippen molar-refractivity contribution >= 4 is 5.82 Å². The Morgan fingerprint density at radius 2 is 1.94 bits per heavy atom. The van der Waals surface area contributed by atoms with E-state index in [1.54, 1.807) is 18.3 Å². The van der Waals surface area contributed by atoms with E-state index in [0.717, 1.165) is 17.5 Å². The molecule has 0 amide bonds. The number of nitrogens with two attached hydrogens (primary N) is 1. The second-order valence-corrected chi connectivity index (χ2v) is 3.68. The molecule has 0 aliphatic heterocycles. The lowest BCUT2D eigenvalue weighted by atomic mass is 10.0. The summed E-state index contributed by atoms with van der Waals surface area (Å²) in [6.07, 6.45) is 3.12. The van der Waals surface area contributed by atoms with E-state index in [9.17, 15) is 4.39 Å². The fourth-order valence-corrected chi connectivity index (χ4v) is 1.63. The number of aryl methyl sites for hydroxylation is 2. The molecule has 1 aromatic carbocycles. The van der Waals surface area contributed by atoms with E-state index < -0.39 is 0 Å². The predicted octanol–water partition coefficient (Wildman–Crippen LogP) is 2.59. The minimum Gasteiger partial charge on any atom is -0.384 e. The third-order valence-electron chi connectivity index (χ3n) is 2.49. The van der Waals surface area contributed by atoms with Gasteiger partial charge in [0.15, 0.2) is 0 Å². The van der Waals surface area contributed by atoms with Gasteiger partial charge in [-0.25, -0.2) is 9.37 Å². The van der Waals surface area contributed by atoms with Crippen molar-refractivity contribution in [1.82, 2.24) is 4.98 Å². The lowest BCUT2D eigenvalue weighted by molar-refractivity contribution is 0.608. The average molecular weight is 216 g/mol. The van der Waals surface area contributed by atoms with E-state index in [0.29, 0.717) is 12.2 Å². The molecule has 3 heteroatoms. The molecule has 2 rings (SSSR count). The molecule has 0 saturated carbocycles. The molecule has 2 N–H and O–H groups in total. The van der Waals surface area contributed by atoms with E-state index in [4.69, 9.17) is 5.73 Å². The summed E-state index contributed by atoms with van der Waals surface area (Å²) < 4.78 is 13.3. The predicted molar refractivity (Wildman–Crippen MR) is 62.5 cm³/mol. The molecular formula is C13H13FN2. The van der Waals surface area contributed by atoms with Crippen LogP contribution in [0.5, 0.6) is 0 Å². The molecule has 0 radical (unpaired) electrons. The number of hydrogen-bond donors (Lipinski definition) is 1. The molecule has 0 aliphatic rings. The second kappa shape index (κ2) is 4.75. The summed E-state index contributed by atoms with van der Waals surface area (Å²) in [5.41, 5.74) is 7.39. The lowest BCUT2D eigenvalue weighted by Gasteiger charge is -2.03. The molecule has 2 nitrogen and oxygen atoms in total. The van der Waals surface area contributed by atoms with Gasteiger partial charge in [0.05, 0.1) is 0 Å². The van der Waals surface area contributed by atoms with Crippen LogP contribution in [0.1, 0.15) is 11.1 Å². The molecular weight excluding hydrogens is 203 g/mol. The van der Waals surface area contributed by atoms with Gasteiger partial charge in [-0.2, -0.15) is 0 Å². The number of nitrogen functional groups attached to an aromatic ring is 1. The van der Waals surface area contributed by atoms with Gasteiger partial charge in [-0.3, -0.25) is 0 Å². The van der Waals surface area contributed by atoms with Gasteiger partial charge in [0.25, 0.3) is 0 Å². The van der Waals surface area contributed by atoms with Crippen LogP contribution in [0.4, 0.5) is 10.2 Å². The third-order valence-corrected chi connectivity index (χ3v) is 2.49. The number of halogens is 1. The maximum atomic E-state index is 13.3. The van der Waals surface area contributed by atoms with Crippen LogP contribution in [0, 0.1) is 5.82 Å². The third kappa shape index (κ3) is 2.57. The molecule has 1 aromatic heterocycles. The first-order chi connectivity index (χ1) is 7.75. The van der Waals surface area contributed by atoms with E-state index in [1.165, 1.54) is 6.07 Å². The molecule has 0 bridgehead atoms. The molecule has 16 heavy (non-hydrogen) atoms. The lowest BCUT2D eigenvalue weighted by Crippen LogP contribution is -1.96. The maximum Gasteiger partial charge on any atom is 0.126 e. The highest BCUT2D eigenvalue weighted by molar-refractivity contribution is 5.32. The van der Waals surface area contributed by atoms with Gasteiger partial charge < -0.3 is 5.73 Å². The smallest absolute Gasteiger partial charge is 0.126 e. The molecule has 0 spiro atoms. The molecule has 2 aromatic rings. The van der Waals surface area contributed by atoms with Gasteiger partial charge >= 0.3 is 0 Å². The molecule has 0 atom stereocenters. The summed E-state index contributed by atoms with van der Waals surface area (Å²) in [6, 6.07) is 10.6. The van der Waals surface area contributed by atoms with Crippen LogP contribution in [0.2, 0.25) is 0 Å². The van der Waals surface area contributed by atoms with E-state index in [-0.39, 0.29) is 5.82 Å². The first-order valence-electron chi connectivity index (χ1n) is 5.19.